The topological polar surface area (TPSA) is 43.8 Å². The first kappa shape index (κ1) is 11.8. The van der Waals surface area contributed by atoms with Crippen molar-refractivity contribution in [2.45, 2.75) is 19.9 Å². The second kappa shape index (κ2) is 4.30. The van der Waals surface area contributed by atoms with Gasteiger partial charge in [0.2, 0.25) is 0 Å². The molecule has 1 heterocycles. The Labute approximate surface area is 100 Å². The van der Waals surface area contributed by atoms with Gasteiger partial charge in [-0.15, -0.1) is 0 Å². The number of rotatable bonds is 2. The zero-order valence-electron chi connectivity index (χ0n) is 10.2. The van der Waals surface area contributed by atoms with Gasteiger partial charge in [0.05, 0.1) is 5.69 Å². The Morgan fingerprint density at radius 1 is 1.35 bits per heavy atom. The third-order valence-electron chi connectivity index (χ3n) is 3.02. The highest BCUT2D eigenvalue weighted by Crippen LogP contribution is 2.28. The Balaban J connectivity index is 2.59. The highest BCUT2D eigenvalue weighted by atomic mass is 19.1. The lowest BCUT2D eigenvalue weighted by molar-refractivity contribution is 0.612. The fraction of sp³-hybridized carbons (Fsp3) is 0.308. The minimum Gasteiger partial charge on any atom is -0.324 e. The minimum absolute atomic E-state index is 0.162. The number of nitrogens with two attached hydrogens (primary N) is 1. The van der Waals surface area contributed by atoms with Crippen molar-refractivity contribution in [2.75, 3.05) is 0 Å². The molecule has 17 heavy (non-hydrogen) atoms. The van der Waals surface area contributed by atoms with E-state index in [-0.39, 0.29) is 11.9 Å². The van der Waals surface area contributed by atoms with Gasteiger partial charge in [0.25, 0.3) is 0 Å². The highest BCUT2D eigenvalue weighted by molar-refractivity contribution is 5.62. The fourth-order valence-electron chi connectivity index (χ4n) is 2.03. The van der Waals surface area contributed by atoms with Gasteiger partial charge in [0.1, 0.15) is 5.82 Å². The van der Waals surface area contributed by atoms with Crippen molar-refractivity contribution >= 4 is 0 Å². The third kappa shape index (κ3) is 1.96. The summed E-state index contributed by atoms with van der Waals surface area (Å²) in [5, 5.41) is 4.05. The van der Waals surface area contributed by atoms with Gasteiger partial charge < -0.3 is 5.73 Å². The fourth-order valence-corrected chi connectivity index (χ4v) is 2.03. The maximum Gasteiger partial charge on any atom is 0.135 e. The van der Waals surface area contributed by atoms with Crippen molar-refractivity contribution in [3.63, 3.8) is 0 Å². The van der Waals surface area contributed by atoms with Gasteiger partial charge in [0, 0.05) is 24.8 Å². The molecule has 0 fully saturated rings. The Hall–Kier alpha value is -1.68. The summed E-state index contributed by atoms with van der Waals surface area (Å²) in [7, 11) is 1.80. The van der Waals surface area contributed by atoms with E-state index in [0.717, 1.165) is 11.3 Å². The van der Waals surface area contributed by atoms with Crippen LogP contribution in [0.5, 0.6) is 0 Å². The molecule has 0 saturated heterocycles. The first-order valence-electron chi connectivity index (χ1n) is 5.55. The van der Waals surface area contributed by atoms with Crippen LogP contribution in [-0.4, -0.2) is 9.78 Å². The molecule has 1 atom stereocenters. The Morgan fingerprint density at radius 3 is 2.59 bits per heavy atom. The van der Waals surface area contributed by atoms with Crippen LogP contribution in [0.4, 0.5) is 4.39 Å². The van der Waals surface area contributed by atoms with E-state index in [1.165, 1.54) is 0 Å². The van der Waals surface area contributed by atoms with Crippen LogP contribution in [0.2, 0.25) is 0 Å². The molecule has 0 unspecified atom stereocenters. The van der Waals surface area contributed by atoms with E-state index in [2.05, 4.69) is 5.10 Å². The van der Waals surface area contributed by atoms with Gasteiger partial charge >= 0.3 is 0 Å². The maximum atomic E-state index is 14.3. The van der Waals surface area contributed by atoms with Crippen LogP contribution in [0.15, 0.2) is 24.4 Å². The van der Waals surface area contributed by atoms with Crippen LogP contribution in [0.3, 0.4) is 0 Å². The van der Waals surface area contributed by atoms with Crippen molar-refractivity contribution in [3.05, 3.63) is 41.3 Å². The van der Waals surface area contributed by atoms with Crippen LogP contribution in [-0.2, 0) is 7.05 Å². The molecule has 0 spiro atoms. The van der Waals surface area contributed by atoms with Crippen LogP contribution < -0.4 is 5.73 Å². The van der Waals surface area contributed by atoms with Crippen LogP contribution in [0.25, 0.3) is 11.3 Å². The maximum absolute atomic E-state index is 14.3. The van der Waals surface area contributed by atoms with E-state index in [9.17, 15) is 4.39 Å². The lowest BCUT2D eigenvalue weighted by Gasteiger charge is -2.13. The summed E-state index contributed by atoms with van der Waals surface area (Å²) in [6.07, 6.45) is 1.66. The second-order valence-corrected chi connectivity index (χ2v) is 4.27. The predicted molar refractivity (Wildman–Crippen MR) is 65.9 cm³/mol. The monoisotopic (exact) mass is 233 g/mol. The normalized spacial score (nSPS) is 12.8. The third-order valence-corrected chi connectivity index (χ3v) is 3.02. The number of benzene rings is 1. The molecular weight excluding hydrogens is 217 g/mol. The lowest BCUT2D eigenvalue weighted by Crippen LogP contribution is -2.09. The summed E-state index contributed by atoms with van der Waals surface area (Å²) in [6.45, 7) is 3.61. The summed E-state index contributed by atoms with van der Waals surface area (Å²) < 4.78 is 15.9. The minimum atomic E-state index is -0.219. The molecule has 3 nitrogen and oxygen atoms in total. The molecule has 0 saturated carbocycles. The Morgan fingerprint density at radius 2 is 2.06 bits per heavy atom. The number of nitrogens with zero attached hydrogens (tertiary/aromatic N) is 2. The standard InChI is InChI=1S/C13H16FN3/c1-8-10(9(2)15)4-5-11(13(8)14)12-6-7-16-17(12)3/h4-7,9H,15H2,1-3H3/t9-/m0/s1. The molecule has 4 heteroatoms. The molecule has 90 valence electrons. The summed E-state index contributed by atoms with van der Waals surface area (Å²) in [5.74, 6) is -0.219. The smallest absolute Gasteiger partial charge is 0.135 e. The number of aromatic nitrogens is 2. The van der Waals surface area contributed by atoms with Crippen LogP contribution in [0, 0.1) is 12.7 Å². The first-order valence-corrected chi connectivity index (χ1v) is 5.55. The van der Waals surface area contributed by atoms with Crippen molar-refractivity contribution in [2.24, 2.45) is 12.8 Å². The summed E-state index contributed by atoms with van der Waals surface area (Å²) in [4.78, 5) is 0. The Bertz CT molecular complexity index is 544. The van der Waals surface area contributed by atoms with E-state index in [4.69, 9.17) is 5.73 Å². The predicted octanol–water partition coefficient (Wildman–Crippen LogP) is 2.55. The summed E-state index contributed by atoms with van der Waals surface area (Å²) in [6, 6.07) is 5.28. The highest BCUT2D eigenvalue weighted by Gasteiger charge is 2.15. The molecule has 1 aromatic carbocycles. The largest absolute Gasteiger partial charge is 0.324 e. The summed E-state index contributed by atoms with van der Waals surface area (Å²) >= 11 is 0. The molecular formula is C13H16FN3. The van der Waals surface area contributed by atoms with Crippen molar-refractivity contribution in [1.29, 1.82) is 0 Å². The van der Waals surface area contributed by atoms with E-state index in [1.54, 1.807) is 37.0 Å². The molecule has 0 aliphatic rings. The van der Waals surface area contributed by atoms with E-state index in [0.29, 0.717) is 11.1 Å². The van der Waals surface area contributed by atoms with Gasteiger partial charge in [0.15, 0.2) is 0 Å². The number of aryl methyl sites for hydroxylation is 1. The average molecular weight is 233 g/mol. The first-order chi connectivity index (χ1) is 8.02. The number of hydrogen-bond acceptors (Lipinski definition) is 2. The molecule has 2 rings (SSSR count). The van der Waals surface area contributed by atoms with Crippen LogP contribution >= 0.6 is 0 Å². The van der Waals surface area contributed by atoms with Crippen molar-refractivity contribution in [3.8, 4) is 11.3 Å². The number of halogens is 1. The SMILES string of the molecule is Cc1c([C@H](C)N)ccc(-c2ccnn2C)c1F. The van der Waals surface area contributed by atoms with Crippen LogP contribution in [0.1, 0.15) is 24.1 Å². The average Bonchev–Trinajstić information content (AvgIpc) is 2.68. The van der Waals surface area contributed by atoms with Gasteiger partial charge in [-0.25, -0.2) is 4.39 Å². The van der Waals surface area contributed by atoms with E-state index < -0.39 is 0 Å². The van der Waals surface area contributed by atoms with Gasteiger partial charge in [-0.2, -0.15) is 5.10 Å². The van der Waals surface area contributed by atoms with Gasteiger partial charge in [-0.1, -0.05) is 6.07 Å². The van der Waals surface area contributed by atoms with E-state index in [1.807, 2.05) is 13.0 Å². The summed E-state index contributed by atoms with van der Waals surface area (Å²) in [5.41, 5.74) is 8.58. The lowest BCUT2D eigenvalue weighted by atomic mass is 9.98. The molecule has 0 amide bonds. The molecule has 0 bridgehead atoms. The van der Waals surface area contributed by atoms with E-state index >= 15 is 0 Å². The van der Waals surface area contributed by atoms with Crippen molar-refractivity contribution in [1.82, 2.24) is 9.78 Å². The molecule has 0 aliphatic heterocycles. The van der Waals surface area contributed by atoms with Gasteiger partial charge in [-0.3, -0.25) is 4.68 Å². The molecule has 1 aromatic heterocycles. The molecule has 0 radical (unpaired) electrons. The molecule has 2 aromatic rings. The second-order valence-electron chi connectivity index (χ2n) is 4.27. The zero-order chi connectivity index (χ0) is 12.6. The quantitative estimate of drug-likeness (QED) is 0.866. The Kier molecular flexibility index (Phi) is 2.98. The molecule has 2 N–H and O–H groups in total. The number of hydrogen-bond donors (Lipinski definition) is 1. The molecule has 0 aliphatic carbocycles. The van der Waals surface area contributed by atoms with Gasteiger partial charge in [-0.05, 0) is 37.1 Å². The van der Waals surface area contributed by atoms with Crippen molar-refractivity contribution < 1.29 is 4.39 Å². The zero-order valence-corrected chi connectivity index (χ0v) is 10.2.